The molecule has 2 aromatic rings. The zero-order chi connectivity index (χ0) is 16.8. The Balaban J connectivity index is 2.14. The van der Waals surface area contributed by atoms with Gasteiger partial charge in [0.15, 0.2) is 0 Å². The lowest BCUT2D eigenvalue weighted by Crippen LogP contribution is -2.04. The van der Waals surface area contributed by atoms with Gasteiger partial charge < -0.3 is 0 Å². The largest absolute Gasteiger partial charge is 0.280 e. The maximum absolute atomic E-state index is 12.5. The van der Waals surface area contributed by atoms with Crippen LogP contribution in [0.3, 0.4) is 0 Å². The molecule has 0 aromatic heterocycles. The van der Waals surface area contributed by atoms with Crippen molar-refractivity contribution in [1.82, 2.24) is 9.97 Å². The topological polar surface area (TPSA) is 59.9 Å². The van der Waals surface area contributed by atoms with Crippen molar-refractivity contribution in [2.75, 3.05) is 0 Å². The van der Waals surface area contributed by atoms with Crippen molar-refractivity contribution >= 4 is 31.9 Å². The molecular formula is C18H8Br2N2O2. The molecule has 2 heterocycles. The lowest BCUT2D eigenvalue weighted by atomic mass is 10.1. The van der Waals surface area contributed by atoms with Crippen LogP contribution in [0.25, 0.3) is 22.5 Å². The third-order valence-electron chi connectivity index (χ3n) is 3.84. The van der Waals surface area contributed by atoms with Crippen LogP contribution in [0.15, 0.2) is 67.1 Å². The molecule has 2 aliphatic rings. The second kappa shape index (κ2) is 5.72. The third kappa shape index (κ3) is 2.25. The molecule has 24 heavy (non-hydrogen) atoms. The molecule has 0 radical (unpaired) electrons. The Morgan fingerprint density at radius 2 is 1.00 bits per heavy atom. The van der Waals surface area contributed by atoms with Gasteiger partial charge in [0.25, 0.3) is 11.1 Å². The molecule has 0 spiro atoms. The summed E-state index contributed by atoms with van der Waals surface area (Å²) in [5.74, 6) is 0. The highest BCUT2D eigenvalue weighted by Crippen LogP contribution is 2.30. The zero-order valence-electron chi connectivity index (χ0n) is 12.1. The van der Waals surface area contributed by atoms with Gasteiger partial charge in [0.2, 0.25) is 0 Å². The Kier molecular flexibility index (Phi) is 3.66. The minimum Gasteiger partial charge on any atom is -0.267 e. The molecule has 4 nitrogen and oxygen atoms in total. The lowest BCUT2D eigenvalue weighted by Gasteiger charge is -1.99. The van der Waals surface area contributed by atoms with Crippen molar-refractivity contribution < 1.29 is 0 Å². The first kappa shape index (κ1) is 15.4. The number of aromatic nitrogens is 2. The first-order chi connectivity index (χ1) is 11.6. The van der Waals surface area contributed by atoms with Gasteiger partial charge in [-0.25, -0.2) is 9.97 Å². The Bertz CT molecular complexity index is 1130. The number of nitrogens with zero attached hydrogens (tertiary/aromatic N) is 2. The van der Waals surface area contributed by atoms with E-state index in [4.69, 9.17) is 0 Å². The van der Waals surface area contributed by atoms with Crippen LogP contribution in [-0.2, 0) is 0 Å². The molecule has 0 N–H and O–H groups in total. The van der Waals surface area contributed by atoms with E-state index in [-0.39, 0.29) is 10.4 Å². The van der Waals surface area contributed by atoms with Crippen molar-refractivity contribution in [2.45, 2.75) is 0 Å². The fourth-order valence-electron chi connectivity index (χ4n) is 2.78. The van der Waals surface area contributed by atoms with Crippen molar-refractivity contribution in [3.63, 3.8) is 0 Å². The molecule has 0 saturated carbocycles. The molecule has 0 amide bonds. The summed E-state index contributed by atoms with van der Waals surface area (Å²) in [4.78, 5) is 33.2. The number of hydrogen-bond acceptors (Lipinski definition) is 4. The van der Waals surface area contributed by atoms with Crippen LogP contribution in [0.4, 0.5) is 0 Å². The SMILES string of the molecule is O=c1nc(-c2ccccc2Br)c2c(=O)nc(-c3ccccc3Br)c1=2. The average molecular weight is 444 g/mol. The maximum Gasteiger partial charge on any atom is 0.280 e. The Morgan fingerprint density at radius 1 is 0.625 bits per heavy atom. The van der Waals surface area contributed by atoms with Crippen LogP contribution < -0.4 is 11.1 Å². The summed E-state index contributed by atoms with van der Waals surface area (Å²) in [6.07, 6.45) is 0. The molecule has 0 bridgehead atoms. The fraction of sp³-hybridized carbons (Fsp3) is 0. The molecule has 0 unspecified atom stereocenters. The van der Waals surface area contributed by atoms with E-state index in [2.05, 4.69) is 41.8 Å². The van der Waals surface area contributed by atoms with E-state index >= 15 is 0 Å². The molecule has 0 atom stereocenters. The molecule has 2 aromatic carbocycles. The molecule has 0 saturated heterocycles. The van der Waals surface area contributed by atoms with E-state index in [1.165, 1.54) is 0 Å². The van der Waals surface area contributed by atoms with Crippen molar-refractivity contribution in [3.05, 3.63) is 88.6 Å². The van der Waals surface area contributed by atoms with E-state index < -0.39 is 11.1 Å². The van der Waals surface area contributed by atoms with Gasteiger partial charge in [-0.05, 0) is 12.1 Å². The van der Waals surface area contributed by atoms with Gasteiger partial charge in [0.1, 0.15) is 0 Å². The average Bonchev–Trinajstić information content (AvgIpc) is 3.08. The van der Waals surface area contributed by atoms with Crippen molar-refractivity contribution in [3.8, 4) is 22.5 Å². The van der Waals surface area contributed by atoms with Crippen LogP contribution in [-0.4, -0.2) is 9.97 Å². The minimum atomic E-state index is -0.434. The van der Waals surface area contributed by atoms with Crippen LogP contribution in [0.2, 0.25) is 0 Å². The van der Waals surface area contributed by atoms with Crippen LogP contribution in [0.5, 0.6) is 0 Å². The van der Waals surface area contributed by atoms with Gasteiger partial charge in [-0.1, -0.05) is 68.3 Å². The number of hydrogen-bond donors (Lipinski definition) is 0. The van der Waals surface area contributed by atoms with E-state index in [1.807, 2.05) is 48.5 Å². The van der Waals surface area contributed by atoms with Gasteiger partial charge >= 0.3 is 0 Å². The highest BCUT2D eigenvalue weighted by atomic mass is 79.9. The second-order valence-corrected chi connectivity index (χ2v) is 6.95. The summed E-state index contributed by atoms with van der Waals surface area (Å²) >= 11 is 6.89. The van der Waals surface area contributed by atoms with Crippen molar-refractivity contribution in [2.24, 2.45) is 0 Å². The monoisotopic (exact) mass is 442 g/mol. The molecule has 2 aliphatic heterocycles. The molecule has 116 valence electrons. The summed E-state index contributed by atoms with van der Waals surface area (Å²) in [6, 6.07) is 14.7. The quantitative estimate of drug-likeness (QED) is 0.474. The molecule has 6 heteroatoms. The molecular weight excluding hydrogens is 436 g/mol. The highest BCUT2D eigenvalue weighted by molar-refractivity contribution is 9.11. The van der Waals surface area contributed by atoms with E-state index in [9.17, 15) is 9.59 Å². The van der Waals surface area contributed by atoms with Gasteiger partial charge in [-0.2, -0.15) is 0 Å². The minimum absolute atomic E-state index is 0.276. The molecule has 0 fully saturated rings. The summed E-state index contributed by atoms with van der Waals surface area (Å²) in [5.41, 5.74) is 1.28. The van der Waals surface area contributed by atoms with E-state index in [0.717, 1.165) is 8.95 Å². The van der Waals surface area contributed by atoms with Crippen LogP contribution in [0, 0.1) is 10.4 Å². The number of benzene rings is 2. The third-order valence-corrected chi connectivity index (χ3v) is 5.22. The Labute approximate surface area is 152 Å². The van der Waals surface area contributed by atoms with Crippen LogP contribution >= 0.6 is 31.9 Å². The first-order valence-corrected chi connectivity index (χ1v) is 8.67. The summed E-state index contributed by atoms with van der Waals surface area (Å²) in [6.45, 7) is 0. The Morgan fingerprint density at radius 3 is 1.38 bits per heavy atom. The maximum atomic E-state index is 12.5. The first-order valence-electron chi connectivity index (χ1n) is 7.09. The standard InChI is InChI=1S/C18H8Br2N2O2/c19-11-7-3-1-5-9(11)15-13-14(18(24)21-15)16(22-17(13)23)10-6-2-4-8-12(10)20/h1-8H. The lowest BCUT2D eigenvalue weighted by molar-refractivity contribution is 1.23. The van der Waals surface area contributed by atoms with Gasteiger partial charge in [-0.3, -0.25) is 9.59 Å². The van der Waals surface area contributed by atoms with Gasteiger partial charge in [0.05, 0.1) is 21.8 Å². The highest BCUT2D eigenvalue weighted by Gasteiger charge is 2.21. The van der Waals surface area contributed by atoms with E-state index in [0.29, 0.717) is 22.5 Å². The van der Waals surface area contributed by atoms with Gasteiger partial charge in [0, 0.05) is 20.1 Å². The normalized spacial score (nSPS) is 11.2. The predicted octanol–water partition coefficient (Wildman–Crippen LogP) is 3.66. The van der Waals surface area contributed by atoms with Crippen molar-refractivity contribution in [1.29, 1.82) is 0 Å². The van der Waals surface area contributed by atoms with E-state index in [1.54, 1.807) is 0 Å². The number of rotatable bonds is 2. The predicted molar refractivity (Wildman–Crippen MR) is 98.5 cm³/mol. The second-order valence-electron chi connectivity index (χ2n) is 5.24. The summed E-state index contributed by atoms with van der Waals surface area (Å²) in [7, 11) is 0. The fourth-order valence-corrected chi connectivity index (χ4v) is 3.72. The summed E-state index contributed by atoms with van der Waals surface area (Å²) < 4.78 is 1.54. The van der Waals surface area contributed by atoms with Crippen LogP contribution in [0.1, 0.15) is 0 Å². The zero-order valence-corrected chi connectivity index (χ0v) is 15.3. The molecule has 4 rings (SSSR count). The van der Waals surface area contributed by atoms with Gasteiger partial charge in [-0.15, -0.1) is 0 Å². The molecule has 0 aliphatic carbocycles. The smallest absolute Gasteiger partial charge is 0.267 e. The Hall–Kier alpha value is -2.18. The summed E-state index contributed by atoms with van der Waals surface area (Å²) in [5, 5.41) is 0.551. The number of halogens is 2.